The van der Waals surface area contributed by atoms with Gasteiger partial charge in [0.15, 0.2) is 0 Å². The molecule has 0 amide bonds. The topological polar surface area (TPSA) is 66.7 Å². The molecular weight excluding hydrogens is 291 g/mol. The van der Waals surface area contributed by atoms with Crippen LogP contribution in [0.15, 0.2) is 63.4 Å². The molecule has 2 heterocycles. The first kappa shape index (κ1) is 12.8. The van der Waals surface area contributed by atoms with Crippen LogP contribution in [0, 0.1) is 0 Å². The Labute approximate surface area is 130 Å². The zero-order valence-electron chi connectivity index (χ0n) is 12.0. The molecule has 0 saturated heterocycles. The summed E-state index contributed by atoms with van der Waals surface area (Å²) >= 11 is 0. The molecule has 0 aliphatic carbocycles. The van der Waals surface area contributed by atoms with E-state index in [9.17, 15) is 10.0 Å². The number of fused-ring (bicyclic) bond motifs is 7. The van der Waals surface area contributed by atoms with Crippen molar-refractivity contribution in [2.24, 2.45) is 0 Å². The van der Waals surface area contributed by atoms with Gasteiger partial charge in [-0.25, -0.2) is 0 Å². The van der Waals surface area contributed by atoms with Gasteiger partial charge in [-0.3, -0.25) is 0 Å². The SMILES string of the molecule is OB(O)c1ccc2oc3ccc4oc5ccccc5c4c3c2c1. The van der Waals surface area contributed by atoms with Crippen molar-refractivity contribution in [2.45, 2.75) is 0 Å². The van der Waals surface area contributed by atoms with Crippen LogP contribution in [-0.4, -0.2) is 17.2 Å². The van der Waals surface area contributed by atoms with E-state index in [1.165, 1.54) is 0 Å². The number of benzene rings is 3. The first-order valence-corrected chi connectivity index (χ1v) is 7.35. The van der Waals surface area contributed by atoms with E-state index in [0.717, 1.165) is 38.3 Å². The zero-order chi connectivity index (χ0) is 15.6. The molecule has 0 saturated carbocycles. The van der Waals surface area contributed by atoms with Crippen molar-refractivity contribution in [1.82, 2.24) is 0 Å². The maximum absolute atomic E-state index is 9.44. The highest BCUT2D eigenvalue weighted by Gasteiger charge is 2.18. The van der Waals surface area contributed by atoms with Gasteiger partial charge in [0.25, 0.3) is 0 Å². The molecule has 0 fully saturated rings. The highest BCUT2D eigenvalue weighted by Crippen LogP contribution is 2.39. The van der Waals surface area contributed by atoms with Crippen molar-refractivity contribution in [3.63, 3.8) is 0 Å². The second-order valence-electron chi connectivity index (χ2n) is 5.64. The zero-order valence-corrected chi connectivity index (χ0v) is 12.0. The molecule has 0 aliphatic rings. The van der Waals surface area contributed by atoms with Gasteiger partial charge in [0.05, 0.1) is 0 Å². The third kappa shape index (κ3) is 1.69. The molecule has 0 unspecified atom stereocenters. The maximum atomic E-state index is 9.44. The standard InChI is InChI=1S/C18H11BO4/c20-19(21)10-5-6-14-12(9-10)18-16(23-14)8-7-15-17(18)11-3-1-2-4-13(11)22-15/h1-9,20-21H. The van der Waals surface area contributed by atoms with Gasteiger partial charge >= 0.3 is 7.12 Å². The summed E-state index contributed by atoms with van der Waals surface area (Å²) in [4.78, 5) is 0. The van der Waals surface area contributed by atoms with Gasteiger partial charge in [0.2, 0.25) is 0 Å². The number of rotatable bonds is 1. The molecule has 2 aromatic heterocycles. The lowest BCUT2D eigenvalue weighted by molar-refractivity contribution is 0.426. The second-order valence-corrected chi connectivity index (χ2v) is 5.64. The summed E-state index contributed by atoms with van der Waals surface area (Å²) in [5.74, 6) is 0. The monoisotopic (exact) mass is 302 g/mol. The van der Waals surface area contributed by atoms with E-state index in [1.54, 1.807) is 18.2 Å². The third-order valence-electron chi connectivity index (χ3n) is 4.30. The number of para-hydroxylation sites is 1. The minimum atomic E-state index is -1.51. The smallest absolute Gasteiger partial charge is 0.456 e. The predicted molar refractivity (Wildman–Crippen MR) is 90.8 cm³/mol. The Morgan fingerprint density at radius 2 is 1.26 bits per heavy atom. The van der Waals surface area contributed by atoms with Crippen LogP contribution in [0.3, 0.4) is 0 Å². The summed E-state index contributed by atoms with van der Waals surface area (Å²) in [7, 11) is -1.51. The molecule has 5 rings (SSSR count). The van der Waals surface area contributed by atoms with E-state index < -0.39 is 7.12 Å². The molecule has 3 aromatic carbocycles. The van der Waals surface area contributed by atoms with E-state index >= 15 is 0 Å². The Morgan fingerprint density at radius 1 is 0.652 bits per heavy atom. The second kappa shape index (κ2) is 4.38. The number of hydrogen-bond acceptors (Lipinski definition) is 4. The molecule has 5 aromatic rings. The molecule has 110 valence electrons. The van der Waals surface area contributed by atoms with Crippen molar-refractivity contribution in [3.05, 3.63) is 54.6 Å². The fourth-order valence-electron chi connectivity index (χ4n) is 3.26. The Kier molecular flexibility index (Phi) is 2.43. The summed E-state index contributed by atoms with van der Waals surface area (Å²) in [6, 6.07) is 16.8. The Bertz CT molecular complexity index is 1200. The van der Waals surface area contributed by atoms with Crippen molar-refractivity contribution in [3.8, 4) is 0 Å². The van der Waals surface area contributed by atoms with Crippen LogP contribution in [0.4, 0.5) is 0 Å². The van der Waals surface area contributed by atoms with Gasteiger partial charge in [0, 0.05) is 21.5 Å². The third-order valence-corrected chi connectivity index (χ3v) is 4.30. The average molecular weight is 302 g/mol. The van der Waals surface area contributed by atoms with E-state index in [2.05, 4.69) is 0 Å². The van der Waals surface area contributed by atoms with Crippen LogP contribution in [-0.2, 0) is 0 Å². The molecule has 2 N–H and O–H groups in total. The quantitative estimate of drug-likeness (QED) is 0.467. The molecule has 0 aliphatic heterocycles. The summed E-state index contributed by atoms with van der Waals surface area (Å²) in [6.45, 7) is 0. The van der Waals surface area contributed by atoms with Crippen LogP contribution >= 0.6 is 0 Å². The van der Waals surface area contributed by atoms with Crippen LogP contribution in [0.25, 0.3) is 43.9 Å². The lowest BCUT2D eigenvalue weighted by Gasteiger charge is -1.98. The van der Waals surface area contributed by atoms with Gasteiger partial charge in [-0.05, 0) is 29.7 Å². The first-order valence-electron chi connectivity index (χ1n) is 7.35. The molecular formula is C18H11BO4. The molecule has 0 spiro atoms. The van der Waals surface area contributed by atoms with Gasteiger partial charge < -0.3 is 18.9 Å². The molecule has 0 bridgehead atoms. The van der Waals surface area contributed by atoms with E-state index in [-0.39, 0.29) is 0 Å². The molecule has 5 heteroatoms. The van der Waals surface area contributed by atoms with E-state index in [4.69, 9.17) is 8.83 Å². The minimum Gasteiger partial charge on any atom is -0.456 e. The summed E-state index contributed by atoms with van der Waals surface area (Å²) in [5.41, 5.74) is 3.51. The van der Waals surface area contributed by atoms with Crippen molar-refractivity contribution in [1.29, 1.82) is 0 Å². The highest BCUT2D eigenvalue weighted by atomic mass is 16.4. The average Bonchev–Trinajstić information content (AvgIpc) is 3.11. The summed E-state index contributed by atoms with van der Waals surface area (Å²) in [6.07, 6.45) is 0. The number of furan rings is 2. The normalized spacial score (nSPS) is 11.9. The molecule has 23 heavy (non-hydrogen) atoms. The lowest BCUT2D eigenvalue weighted by atomic mass is 9.80. The van der Waals surface area contributed by atoms with Crippen molar-refractivity contribution < 1.29 is 18.9 Å². The van der Waals surface area contributed by atoms with Crippen molar-refractivity contribution in [2.75, 3.05) is 0 Å². The Balaban J connectivity index is 2.05. The Hall–Kier alpha value is -2.76. The van der Waals surface area contributed by atoms with Gasteiger partial charge in [0.1, 0.15) is 22.3 Å². The van der Waals surface area contributed by atoms with Gasteiger partial charge in [-0.2, -0.15) is 0 Å². The van der Waals surface area contributed by atoms with E-state index in [0.29, 0.717) is 11.0 Å². The first-order chi connectivity index (χ1) is 11.2. The summed E-state index contributed by atoms with van der Waals surface area (Å²) in [5, 5.41) is 22.7. The minimum absolute atomic E-state index is 0.435. The van der Waals surface area contributed by atoms with Gasteiger partial charge in [-0.1, -0.05) is 30.3 Å². The maximum Gasteiger partial charge on any atom is 0.488 e. The van der Waals surface area contributed by atoms with Crippen molar-refractivity contribution >= 4 is 56.5 Å². The fraction of sp³-hybridized carbons (Fsp3) is 0. The fourth-order valence-corrected chi connectivity index (χ4v) is 3.26. The Morgan fingerprint density at radius 3 is 2.00 bits per heavy atom. The lowest BCUT2D eigenvalue weighted by Crippen LogP contribution is -2.29. The predicted octanol–water partition coefficient (Wildman–Crippen LogP) is 3.17. The van der Waals surface area contributed by atoms with Crippen LogP contribution in [0.1, 0.15) is 0 Å². The van der Waals surface area contributed by atoms with Gasteiger partial charge in [-0.15, -0.1) is 0 Å². The molecule has 0 radical (unpaired) electrons. The highest BCUT2D eigenvalue weighted by molar-refractivity contribution is 6.59. The van der Waals surface area contributed by atoms with Crippen LogP contribution in [0.2, 0.25) is 0 Å². The summed E-state index contributed by atoms with van der Waals surface area (Å²) < 4.78 is 11.8. The van der Waals surface area contributed by atoms with Crippen LogP contribution < -0.4 is 5.46 Å². The van der Waals surface area contributed by atoms with Crippen LogP contribution in [0.5, 0.6) is 0 Å². The largest absolute Gasteiger partial charge is 0.488 e. The van der Waals surface area contributed by atoms with E-state index in [1.807, 2.05) is 36.4 Å². The number of hydrogen-bond donors (Lipinski definition) is 2. The molecule has 4 nitrogen and oxygen atoms in total. The molecule has 0 atom stereocenters.